The highest BCUT2D eigenvalue weighted by molar-refractivity contribution is 6.32. The van der Waals surface area contributed by atoms with E-state index in [0.717, 1.165) is 6.42 Å². The first-order valence-corrected chi connectivity index (χ1v) is 7.57. The molecule has 0 saturated carbocycles. The van der Waals surface area contributed by atoms with Crippen LogP contribution in [-0.4, -0.2) is 45.4 Å². The highest BCUT2D eigenvalue weighted by Gasteiger charge is 2.36. The van der Waals surface area contributed by atoms with Crippen molar-refractivity contribution in [2.45, 2.75) is 13.3 Å². The maximum atomic E-state index is 12.5. The zero-order valence-electron chi connectivity index (χ0n) is 12.8. The minimum absolute atomic E-state index is 0. The SMILES string of the molecule is CC1(CN)CCN(C(=O)c2cn(-c3ccccc3Cl)nn2)C1.Cl. The highest BCUT2D eigenvalue weighted by atomic mass is 35.5. The van der Waals surface area contributed by atoms with Crippen LogP contribution in [0.2, 0.25) is 5.02 Å². The van der Waals surface area contributed by atoms with Crippen LogP contribution in [-0.2, 0) is 0 Å². The van der Waals surface area contributed by atoms with Crippen LogP contribution in [0, 0.1) is 5.41 Å². The molecule has 2 N–H and O–H groups in total. The van der Waals surface area contributed by atoms with Crippen molar-refractivity contribution in [3.05, 3.63) is 41.2 Å². The summed E-state index contributed by atoms with van der Waals surface area (Å²) in [5.74, 6) is -0.115. The van der Waals surface area contributed by atoms with E-state index in [-0.39, 0.29) is 23.7 Å². The molecule has 23 heavy (non-hydrogen) atoms. The summed E-state index contributed by atoms with van der Waals surface area (Å²) >= 11 is 6.13. The van der Waals surface area contributed by atoms with E-state index < -0.39 is 0 Å². The van der Waals surface area contributed by atoms with Gasteiger partial charge in [-0.1, -0.05) is 35.9 Å². The van der Waals surface area contributed by atoms with E-state index in [4.69, 9.17) is 17.3 Å². The van der Waals surface area contributed by atoms with Crippen molar-refractivity contribution in [3.8, 4) is 5.69 Å². The lowest BCUT2D eigenvalue weighted by Gasteiger charge is -2.21. The van der Waals surface area contributed by atoms with Gasteiger partial charge in [-0.15, -0.1) is 17.5 Å². The van der Waals surface area contributed by atoms with Crippen LogP contribution in [0.15, 0.2) is 30.5 Å². The molecule has 2 aromatic rings. The number of para-hydroxylation sites is 1. The third kappa shape index (κ3) is 3.49. The Hall–Kier alpha value is -1.63. The van der Waals surface area contributed by atoms with E-state index >= 15 is 0 Å². The van der Waals surface area contributed by atoms with Crippen molar-refractivity contribution >= 4 is 29.9 Å². The molecule has 3 rings (SSSR count). The molecule has 1 atom stereocenters. The second-order valence-electron chi connectivity index (χ2n) is 5.99. The molecule has 1 aromatic heterocycles. The van der Waals surface area contributed by atoms with Gasteiger partial charge in [0, 0.05) is 13.1 Å². The van der Waals surface area contributed by atoms with Crippen molar-refractivity contribution in [1.82, 2.24) is 19.9 Å². The number of hydrogen-bond acceptors (Lipinski definition) is 4. The Bertz CT molecular complexity index is 705. The smallest absolute Gasteiger partial charge is 0.276 e. The van der Waals surface area contributed by atoms with Gasteiger partial charge in [0.1, 0.15) is 0 Å². The molecular weight excluding hydrogens is 337 g/mol. The summed E-state index contributed by atoms with van der Waals surface area (Å²) in [4.78, 5) is 14.3. The van der Waals surface area contributed by atoms with Gasteiger partial charge in [0.25, 0.3) is 5.91 Å². The number of aromatic nitrogens is 3. The summed E-state index contributed by atoms with van der Waals surface area (Å²) in [6, 6.07) is 7.30. The highest BCUT2D eigenvalue weighted by Crippen LogP contribution is 2.29. The summed E-state index contributed by atoms with van der Waals surface area (Å²) in [5, 5.41) is 8.55. The van der Waals surface area contributed by atoms with Crippen LogP contribution >= 0.6 is 24.0 Å². The molecule has 8 heteroatoms. The standard InChI is InChI=1S/C15H18ClN5O.ClH/c1-15(9-17)6-7-20(10-15)14(22)12-8-21(19-18-12)13-5-3-2-4-11(13)16;/h2-5,8H,6-7,9-10,17H2,1H3;1H. The van der Waals surface area contributed by atoms with Gasteiger partial charge in [-0.3, -0.25) is 4.79 Å². The van der Waals surface area contributed by atoms with Gasteiger partial charge < -0.3 is 10.6 Å². The first-order chi connectivity index (χ1) is 10.5. The molecule has 1 aromatic carbocycles. The van der Waals surface area contributed by atoms with E-state index in [0.29, 0.717) is 36.0 Å². The predicted octanol–water partition coefficient (Wildman–Crippen LogP) is 2.15. The van der Waals surface area contributed by atoms with Gasteiger partial charge in [0.2, 0.25) is 0 Å². The average Bonchev–Trinajstić information content (AvgIpc) is 3.15. The summed E-state index contributed by atoms with van der Waals surface area (Å²) in [6.07, 6.45) is 2.52. The van der Waals surface area contributed by atoms with E-state index in [9.17, 15) is 4.79 Å². The van der Waals surface area contributed by atoms with Crippen LogP contribution in [0.5, 0.6) is 0 Å². The molecule has 2 heterocycles. The second-order valence-corrected chi connectivity index (χ2v) is 6.40. The van der Waals surface area contributed by atoms with Gasteiger partial charge in [-0.05, 0) is 30.5 Å². The molecule has 6 nitrogen and oxygen atoms in total. The number of halogens is 2. The predicted molar refractivity (Wildman–Crippen MR) is 91.3 cm³/mol. The van der Waals surface area contributed by atoms with E-state index in [1.165, 1.54) is 4.68 Å². The summed E-state index contributed by atoms with van der Waals surface area (Å²) < 4.78 is 1.52. The third-order valence-electron chi connectivity index (χ3n) is 4.15. The van der Waals surface area contributed by atoms with Gasteiger partial charge in [0.05, 0.1) is 16.9 Å². The zero-order valence-corrected chi connectivity index (χ0v) is 14.3. The van der Waals surface area contributed by atoms with Crippen molar-refractivity contribution in [2.24, 2.45) is 11.1 Å². The van der Waals surface area contributed by atoms with Crippen LogP contribution < -0.4 is 5.73 Å². The fourth-order valence-corrected chi connectivity index (χ4v) is 2.87. The number of rotatable bonds is 3. The molecule has 0 radical (unpaired) electrons. The maximum Gasteiger partial charge on any atom is 0.276 e. The first-order valence-electron chi connectivity index (χ1n) is 7.19. The van der Waals surface area contributed by atoms with Gasteiger partial charge in [-0.25, -0.2) is 4.68 Å². The monoisotopic (exact) mass is 355 g/mol. The van der Waals surface area contributed by atoms with Gasteiger partial charge in [0.15, 0.2) is 5.69 Å². The van der Waals surface area contributed by atoms with E-state index in [2.05, 4.69) is 17.2 Å². The number of amides is 1. The lowest BCUT2D eigenvalue weighted by atomic mass is 9.90. The molecule has 1 fully saturated rings. The lowest BCUT2D eigenvalue weighted by molar-refractivity contribution is 0.0771. The third-order valence-corrected chi connectivity index (χ3v) is 4.47. The van der Waals surface area contributed by atoms with Crippen molar-refractivity contribution in [2.75, 3.05) is 19.6 Å². The molecule has 1 unspecified atom stereocenters. The van der Waals surface area contributed by atoms with Crippen molar-refractivity contribution in [3.63, 3.8) is 0 Å². The number of likely N-dealkylation sites (tertiary alicyclic amines) is 1. The summed E-state index contributed by atoms with van der Waals surface area (Å²) in [6.45, 7) is 4.02. The number of nitrogens with two attached hydrogens (primary N) is 1. The molecule has 0 bridgehead atoms. The number of benzene rings is 1. The molecule has 0 aliphatic carbocycles. The van der Waals surface area contributed by atoms with Gasteiger partial charge >= 0.3 is 0 Å². The van der Waals surface area contributed by atoms with E-state index in [1.807, 2.05) is 18.2 Å². The van der Waals surface area contributed by atoms with E-state index in [1.54, 1.807) is 17.2 Å². The number of hydrogen-bond donors (Lipinski definition) is 1. The Kier molecular flexibility index (Phi) is 5.29. The number of carbonyl (C=O) groups is 1. The average molecular weight is 356 g/mol. The number of nitrogens with zero attached hydrogens (tertiary/aromatic N) is 4. The van der Waals surface area contributed by atoms with Crippen LogP contribution in [0.4, 0.5) is 0 Å². The Labute approximate surface area is 146 Å². The lowest BCUT2D eigenvalue weighted by Crippen LogP contribution is -2.34. The molecule has 1 amide bonds. The quantitative estimate of drug-likeness (QED) is 0.914. The van der Waals surface area contributed by atoms with Gasteiger partial charge in [-0.2, -0.15) is 0 Å². The van der Waals surface area contributed by atoms with Crippen LogP contribution in [0.3, 0.4) is 0 Å². The normalized spacial score (nSPS) is 20.4. The molecule has 1 aliphatic rings. The first kappa shape index (κ1) is 17.7. The maximum absolute atomic E-state index is 12.5. The topological polar surface area (TPSA) is 77.0 Å². The second kappa shape index (κ2) is 6.86. The van der Waals surface area contributed by atoms with Crippen LogP contribution in [0.25, 0.3) is 5.69 Å². The van der Waals surface area contributed by atoms with Crippen molar-refractivity contribution in [1.29, 1.82) is 0 Å². The Morgan fingerprint density at radius 2 is 2.17 bits per heavy atom. The zero-order chi connectivity index (χ0) is 15.7. The Morgan fingerprint density at radius 1 is 1.43 bits per heavy atom. The molecule has 1 aliphatic heterocycles. The minimum atomic E-state index is -0.115. The molecule has 124 valence electrons. The Balaban J connectivity index is 0.00000192. The largest absolute Gasteiger partial charge is 0.337 e. The molecule has 0 spiro atoms. The van der Waals surface area contributed by atoms with Crippen molar-refractivity contribution < 1.29 is 4.79 Å². The molecule has 1 saturated heterocycles. The molecular formula is C15H19Cl2N5O. The fourth-order valence-electron chi connectivity index (χ4n) is 2.64. The summed E-state index contributed by atoms with van der Waals surface area (Å²) in [7, 11) is 0. The minimum Gasteiger partial charge on any atom is -0.337 e. The van der Waals surface area contributed by atoms with Crippen LogP contribution in [0.1, 0.15) is 23.8 Å². The number of carbonyl (C=O) groups excluding carboxylic acids is 1. The Morgan fingerprint density at radius 3 is 2.83 bits per heavy atom. The fraction of sp³-hybridized carbons (Fsp3) is 0.400. The summed E-state index contributed by atoms with van der Waals surface area (Å²) in [5.41, 5.74) is 6.79.